The van der Waals surface area contributed by atoms with Gasteiger partial charge in [0, 0.05) is 30.6 Å². The maximum absolute atomic E-state index is 5.81. The van der Waals surface area contributed by atoms with Crippen molar-refractivity contribution in [2.24, 2.45) is 4.99 Å². The van der Waals surface area contributed by atoms with Crippen molar-refractivity contribution >= 4 is 27.8 Å². The molecule has 3 aromatic rings. The summed E-state index contributed by atoms with van der Waals surface area (Å²) in [6.45, 7) is 5.48. The van der Waals surface area contributed by atoms with E-state index in [0.717, 1.165) is 59.7 Å². The van der Waals surface area contributed by atoms with E-state index in [-0.39, 0.29) is 12.9 Å². The number of benzene rings is 2. The molecule has 6 rings (SSSR count). The second-order valence-electron chi connectivity index (χ2n) is 8.55. The monoisotopic (exact) mass is 447 g/mol. The molecule has 0 amide bonds. The summed E-state index contributed by atoms with van der Waals surface area (Å²) in [6.07, 6.45) is 2.44. The molecule has 0 bridgehead atoms. The zero-order valence-corrected chi connectivity index (χ0v) is 18.9. The fourth-order valence-electron chi connectivity index (χ4n) is 4.43. The molecule has 0 N–H and O–H groups in total. The third kappa shape index (κ3) is 3.91. The number of aliphatic imine (C=N–C) groups is 1. The lowest BCUT2D eigenvalue weighted by Crippen LogP contribution is -2.32. The molecular formula is C25H25N3O3S. The highest BCUT2D eigenvalue weighted by atomic mass is 32.2. The minimum Gasteiger partial charge on any atom is -0.454 e. The second-order valence-corrected chi connectivity index (χ2v) is 9.51. The SMILES string of the molecule is Cc1ccc2nc3c(cc2c1)CN(Cc1ccc2c(c1)OCO2)C(=NC[C@@H]1CCCO1)S3. The third-order valence-corrected chi connectivity index (χ3v) is 7.21. The molecule has 7 heteroatoms. The molecule has 0 aliphatic carbocycles. The fraction of sp³-hybridized carbons (Fsp3) is 0.360. The Morgan fingerprint density at radius 1 is 1.12 bits per heavy atom. The normalized spacial score (nSPS) is 20.8. The standard InChI is InChI=1S/C25H25N3O3S/c1-16-4-6-21-18(9-16)11-19-14-28(13-17-5-7-22-23(10-17)31-15-30-22)25(32-24(19)27-21)26-12-20-3-2-8-29-20/h4-7,9-11,20H,2-3,8,12-15H2,1H3/t20-/m0/s1. The Balaban J connectivity index is 1.33. The molecule has 1 aromatic heterocycles. The first-order valence-corrected chi connectivity index (χ1v) is 11.9. The van der Waals surface area contributed by atoms with Gasteiger partial charge in [-0.2, -0.15) is 0 Å². The molecule has 2 aromatic carbocycles. The van der Waals surface area contributed by atoms with Crippen molar-refractivity contribution in [3.63, 3.8) is 0 Å². The van der Waals surface area contributed by atoms with Crippen molar-refractivity contribution in [3.05, 3.63) is 59.2 Å². The Bertz CT molecular complexity index is 1210. The number of aryl methyl sites for hydroxylation is 1. The predicted octanol–water partition coefficient (Wildman–Crippen LogP) is 4.91. The number of aromatic nitrogens is 1. The Morgan fingerprint density at radius 3 is 2.97 bits per heavy atom. The number of fused-ring (bicyclic) bond motifs is 3. The van der Waals surface area contributed by atoms with E-state index >= 15 is 0 Å². The molecule has 0 spiro atoms. The Morgan fingerprint density at radius 2 is 2.06 bits per heavy atom. The van der Waals surface area contributed by atoms with Gasteiger partial charge in [-0.15, -0.1) is 0 Å². The van der Waals surface area contributed by atoms with E-state index < -0.39 is 0 Å². The molecule has 32 heavy (non-hydrogen) atoms. The summed E-state index contributed by atoms with van der Waals surface area (Å²) in [7, 11) is 0. The topological polar surface area (TPSA) is 56.2 Å². The van der Waals surface area contributed by atoms with Crippen molar-refractivity contribution < 1.29 is 14.2 Å². The van der Waals surface area contributed by atoms with Crippen LogP contribution in [-0.4, -0.2) is 41.1 Å². The minimum atomic E-state index is 0.226. The average molecular weight is 448 g/mol. The number of nitrogens with zero attached hydrogens (tertiary/aromatic N) is 3. The Kier molecular flexibility index (Phi) is 5.15. The lowest BCUT2D eigenvalue weighted by atomic mass is 10.1. The van der Waals surface area contributed by atoms with Crippen LogP contribution < -0.4 is 9.47 Å². The summed E-state index contributed by atoms with van der Waals surface area (Å²) in [5.41, 5.74) is 4.70. The highest BCUT2D eigenvalue weighted by Crippen LogP contribution is 2.36. The van der Waals surface area contributed by atoms with E-state index in [2.05, 4.69) is 48.2 Å². The molecular weight excluding hydrogens is 422 g/mol. The van der Waals surface area contributed by atoms with Crippen LogP contribution in [0.2, 0.25) is 0 Å². The van der Waals surface area contributed by atoms with Gasteiger partial charge in [0.05, 0.1) is 18.2 Å². The van der Waals surface area contributed by atoms with Crippen LogP contribution in [0, 0.1) is 6.92 Å². The summed E-state index contributed by atoms with van der Waals surface area (Å²) in [5.74, 6) is 1.62. The van der Waals surface area contributed by atoms with Crippen molar-refractivity contribution in [1.82, 2.24) is 9.88 Å². The first-order valence-electron chi connectivity index (χ1n) is 11.1. The van der Waals surface area contributed by atoms with Crippen LogP contribution in [0.4, 0.5) is 0 Å². The van der Waals surface area contributed by atoms with E-state index in [1.807, 2.05) is 6.07 Å². The highest BCUT2D eigenvalue weighted by molar-refractivity contribution is 8.13. The molecule has 1 saturated heterocycles. The molecule has 0 saturated carbocycles. The van der Waals surface area contributed by atoms with Crippen molar-refractivity contribution in [2.75, 3.05) is 19.9 Å². The molecule has 6 nitrogen and oxygen atoms in total. The summed E-state index contributed by atoms with van der Waals surface area (Å²) in [6, 6.07) is 14.9. The first kappa shape index (κ1) is 19.9. The minimum absolute atomic E-state index is 0.226. The van der Waals surface area contributed by atoms with Gasteiger partial charge in [-0.05, 0) is 67.4 Å². The van der Waals surface area contributed by atoms with Crippen LogP contribution in [-0.2, 0) is 17.8 Å². The quantitative estimate of drug-likeness (QED) is 0.566. The molecule has 1 fully saturated rings. The second kappa shape index (κ2) is 8.30. The summed E-state index contributed by atoms with van der Waals surface area (Å²) < 4.78 is 16.9. The molecule has 3 aliphatic rings. The molecule has 4 heterocycles. The van der Waals surface area contributed by atoms with Crippen molar-refractivity contribution in [2.45, 2.75) is 44.0 Å². The van der Waals surface area contributed by atoms with Crippen molar-refractivity contribution in [1.29, 1.82) is 0 Å². The van der Waals surface area contributed by atoms with Crippen molar-refractivity contribution in [3.8, 4) is 11.5 Å². The van der Waals surface area contributed by atoms with Gasteiger partial charge in [0.15, 0.2) is 16.7 Å². The van der Waals surface area contributed by atoms with Crippen LogP contribution >= 0.6 is 11.8 Å². The molecule has 1 atom stereocenters. The molecule has 3 aliphatic heterocycles. The average Bonchev–Trinajstić information content (AvgIpc) is 3.48. The van der Waals surface area contributed by atoms with Gasteiger partial charge in [-0.1, -0.05) is 17.7 Å². The van der Waals surface area contributed by atoms with Gasteiger partial charge in [-0.25, -0.2) is 4.98 Å². The lowest BCUT2D eigenvalue weighted by molar-refractivity contribution is 0.117. The largest absolute Gasteiger partial charge is 0.454 e. The van der Waals surface area contributed by atoms with E-state index in [1.165, 1.54) is 22.1 Å². The van der Waals surface area contributed by atoms with Gasteiger partial charge in [0.1, 0.15) is 5.03 Å². The van der Waals surface area contributed by atoms with E-state index in [4.69, 9.17) is 24.2 Å². The van der Waals surface area contributed by atoms with Gasteiger partial charge in [0.25, 0.3) is 0 Å². The van der Waals surface area contributed by atoms with Crippen LogP contribution in [0.3, 0.4) is 0 Å². The van der Waals surface area contributed by atoms with Crippen LogP contribution in [0.1, 0.15) is 29.5 Å². The third-order valence-electron chi connectivity index (χ3n) is 6.09. The zero-order chi connectivity index (χ0) is 21.5. The number of hydrogen-bond acceptors (Lipinski definition) is 6. The lowest BCUT2D eigenvalue weighted by Gasteiger charge is -2.31. The van der Waals surface area contributed by atoms with Crippen LogP contribution in [0.15, 0.2) is 52.5 Å². The Hall–Kier alpha value is -2.77. The summed E-state index contributed by atoms with van der Waals surface area (Å²) in [4.78, 5) is 12.3. The van der Waals surface area contributed by atoms with E-state index in [1.54, 1.807) is 11.8 Å². The maximum atomic E-state index is 5.81. The summed E-state index contributed by atoms with van der Waals surface area (Å²) in [5, 5.41) is 3.24. The molecule has 164 valence electrons. The van der Waals surface area contributed by atoms with Gasteiger partial charge >= 0.3 is 0 Å². The molecule has 0 unspecified atom stereocenters. The van der Waals surface area contributed by atoms with Crippen LogP contribution in [0.25, 0.3) is 10.9 Å². The van der Waals surface area contributed by atoms with E-state index in [0.29, 0.717) is 6.54 Å². The smallest absolute Gasteiger partial charge is 0.231 e. The zero-order valence-electron chi connectivity index (χ0n) is 18.0. The van der Waals surface area contributed by atoms with Crippen LogP contribution in [0.5, 0.6) is 11.5 Å². The summed E-state index contributed by atoms with van der Waals surface area (Å²) >= 11 is 1.67. The van der Waals surface area contributed by atoms with Gasteiger partial charge < -0.3 is 19.1 Å². The predicted molar refractivity (Wildman–Crippen MR) is 125 cm³/mol. The van der Waals surface area contributed by atoms with Gasteiger partial charge in [0.2, 0.25) is 6.79 Å². The number of ether oxygens (including phenoxy) is 3. The number of thioether (sulfide) groups is 1. The maximum Gasteiger partial charge on any atom is 0.231 e. The number of hydrogen-bond donors (Lipinski definition) is 0. The number of amidine groups is 1. The van der Waals surface area contributed by atoms with Gasteiger partial charge in [-0.3, -0.25) is 4.99 Å². The Labute approximate surface area is 191 Å². The number of rotatable bonds is 4. The first-order chi connectivity index (χ1) is 15.7. The highest BCUT2D eigenvalue weighted by Gasteiger charge is 2.26. The fourth-order valence-corrected chi connectivity index (χ4v) is 5.40. The van der Waals surface area contributed by atoms with E-state index in [9.17, 15) is 0 Å². The molecule has 0 radical (unpaired) electrons. The number of pyridine rings is 1.